The van der Waals surface area contributed by atoms with Gasteiger partial charge in [-0.05, 0) is 57.9 Å². The van der Waals surface area contributed by atoms with Gasteiger partial charge in [-0.25, -0.2) is 13.1 Å². The molecule has 0 unspecified atom stereocenters. The Morgan fingerprint density at radius 3 is 2.39 bits per heavy atom. The van der Waals surface area contributed by atoms with Crippen molar-refractivity contribution >= 4 is 27.7 Å². The molecule has 4 rings (SSSR count). The van der Waals surface area contributed by atoms with Crippen LogP contribution in [0.2, 0.25) is 0 Å². The second-order valence-electron chi connectivity index (χ2n) is 7.75. The molecule has 0 saturated carbocycles. The number of nitrogens with zero attached hydrogens (tertiary/aromatic N) is 3. The van der Waals surface area contributed by atoms with Crippen LogP contribution < -0.4 is 0 Å². The van der Waals surface area contributed by atoms with Gasteiger partial charge in [0.2, 0.25) is 10.0 Å². The lowest BCUT2D eigenvalue weighted by Gasteiger charge is -2.23. The topological polar surface area (TPSA) is 72.3 Å². The summed E-state index contributed by atoms with van der Waals surface area (Å²) in [5, 5.41) is 4.48. The van der Waals surface area contributed by atoms with Crippen molar-refractivity contribution in [2.45, 2.75) is 54.3 Å². The zero-order chi connectivity index (χ0) is 22.2. The minimum Gasteiger partial charge on any atom is -0.271 e. The first-order chi connectivity index (χ1) is 14.8. The van der Waals surface area contributed by atoms with E-state index in [-0.39, 0.29) is 10.8 Å². The molecule has 0 spiro atoms. The fourth-order valence-corrected chi connectivity index (χ4v) is 6.46. The Morgan fingerprint density at radius 2 is 1.71 bits per heavy atom. The van der Waals surface area contributed by atoms with Crippen molar-refractivity contribution in [3.8, 4) is 0 Å². The molecular formula is C23H25N3O3S2. The van der Waals surface area contributed by atoms with Crippen LogP contribution in [0.25, 0.3) is 0 Å². The maximum atomic E-state index is 13.4. The number of rotatable bonds is 5. The number of hydrogen-bond donors (Lipinski definition) is 0. The predicted molar refractivity (Wildman–Crippen MR) is 121 cm³/mol. The summed E-state index contributed by atoms with van der Waals surface area (Å²) in [5.74, 6) is -0.298. The first-order valence-corrected chi connectivity index (χ1v) is 12.5. The molecule has 0 aliphatic carbocycles. The van der Waals surface area contributed by atoms with E-state index in [2.05, 4.69) is 5.10 Å². The number of sulfonamides is 1. The van der Waals surface area contributed by atoms with Crippen LogP contribution >= 0.6 is 11.8 Å². The van der Waals surface area contributed by atoms with Crippen LogP contribution in [0, 0.1) is 20.8 Å². The van der Waals surface area contributed by atoms with Gasteiger partial charge in [-0.2, -0.15) is 9.40 Å². The Morgan fingerprint density at radius 1 is 1.03 bits per heavy atom. The number of carbonyl (C=O) groups excluding carboxylic acids is 1. The summed E-state index contributed by atoms with van der Waals surface area (Å²) in [6.45, 7) is 6.11. The van der Waals surface area contributed by atoms with Gasteiger partial charge in [0.15, 0.2) is 0 Å². The summed E-state index contributed by atoms with van der Waals surface area (Å²) in [6, 6.07) is 15.7. The SMILES string of the molecule is Cc1ccc(Sc2c(C)nn(C(=O)[C@@H]3CCCN3S(=O)(=O)c3ccccc3)c2C)cc1. The molecule has 6 nitrogen and oxygen atoms in total. The van der Waals surface area contributed by atoms with E-state index in [4.69, 9.17) is 0 Å². The third-order valence-electron chi connectivity index (χ3n) is 5.51. The van der Waals surface area contributed by atoms with Gasteiger partial charge in [-0.3, -0.25) is 4.79 Å². The highest BCUT2D eigenvalue weighted by Crippen LogP contribution is 2.34. The molecule has 2 aromatic carbocycles. The number of aryl methyl sites for hydroxylation is 2. The zero-order valence-electron chi connectivity index (χ0n) is 17.8. The van der Waals surface area contributed by atoms with E-state index in [1.54, 1.807) is 42.1 Å². The summed E-state index contributed by atoms with van der Waals surface area (Å²) in [4.78, 5) is 15.6. The van der Waals surface area contributed by atoms with Gasteiger partial charge in [-0.1, -0.05) is 47.7 Å². The van der Waals surface area contributed by atoms with Crippen molar-refractivity contribution in [1.29, 1.82) is 0 Å². The lowest BCUT2D eigenvalue weighted by atomic mass is 10.2. The molecule has 0 N–H and O–H groups in total. The average molecular weight is 456 g/mol. The van der Waals surface area contributed by atoms with Crippen molar-refractivity contribution in [2.75, 3.05) is 6.54 Å². The molecular weight excluding hydrogens is 430 g/mol. The normalized spacial score (nSPS) is 17.2. The molecule has 1 atom stereocenters. The van der Waals surface area contributed by atoms with Crippen LogP contribution in [0.15, 0.2) is 69.3 Å². The van der Waals surface area contributed by atoms with E-state index < -0.39 is 16.1 Å². The van der Waals surface area contributed by atoms with Crippen molar-refractivity contribution in [1.82, 2.24) is 14.1 Å². The molecule has 2 heterocycles. The van der Waals surface area contributed by atoms with Crippen LogP contribution in [0.4, 0.5) is 0 Å². The van der Waals surface area contributed by atoms with Crippen molar-refractivity contribution in [3.63, 3.8) is 0 Å². The number of aromatic nitrogens is 2. The maximum Gasteiger partial charge on any atom is 0.265 e. The fraction of sp³-hybridized carbons (Fsp3) is 0.304. The van der Waals surface area contributed by atoms with Gasteiger partial charge in [0.1, 0.15) is 6.04 Å². The largest absolute Gasteiger partial charge is 0.271 e. The minimum absolute atomic E-state index is 0.207. The minimum atomic E-state index is -3.74. The smallest absolute Gasteiger partial charge is 0.265 e. The molecule has 0 radical (unpaired) electrons. The van der Waals surface area contributed by atoms with Crippen molar-refractivity contribution in [2.24, 2.45) is 0 Å². The van der Waals surface area contributed by atoms with Gasteiger partial charge in [0.25, 0.3) is 5.91 Å². The molecule has 1 aromatic heterocycles. The standard InChI is InChI=1S/C23H25N3O3S2/c1-16-11-13-19(14-12-16)30-22-17(2)24-26(18(22)3)23(27)21-10-7-15-25(21)31(28,29)20-8-5-4-6-9-20/h4-6,8-9,11-14,21H,7,10,15H2,1-3H3/t21-/m0/s1. The predicted octanol–water partition coefficient (Wildman–Crippen LogP) is 4.45. The monoisotopic (exact) mass is 455 g/mol. The van der Waals surface area contributed by atoms with Crippen molar-refractivity contribution < 1.29 is 13.2 Å². The zero-order valence-corrected chi connectivity index (χ0v) is 19.4. The molecule has 162 valence electrons. The molecule has 1 aliphatic rings. The van der Waals surface area contributed by atoms with Crippen LogP contribution in [-0.2, 0) is 10.0 Å². The second-order valence-corrected chi connectivity index (χ2v) is 10.7. The van der Waals surface area contributed by atoms with Gasteiger partial charge in [-0.15, -0.1) is 0 Å². The van der Waals surface area contributed by atoms with E-state index in [0.717, 1.165) is 21.2 Å². The quantitative estimate of drug-likeness (QED) is 0.568. The Labute approximate surface area is 187 Å². The molecule has 0 amide bonds. The number of carbonyl (C=O) groups is 1. The molecule has 8 heteroatoms. The average Bonchev–Trinajstić information content (AvgIpc) is 3.37. The third kappa shape index (κ3) is 4.20. The van der Waals surface area contributed by atoms with Crippen LogP contribution in [0.3, 0.4) is 0 Å². The third-order valence-corrected chi connectivity index (χ3v) is 8.74. The Balaban J connectivity index is 1.63. The Bertz CT molecular complexity index is 1200. The first-order valence-electron chi connectivity index (χ1n) is 10.2. The highest BCUT2D eigenvalue weighted by molar-refractivity contribution is 7.99. The lowest BCUT2D eigenvalue weighted by molar-refractivity contribution is 0.0813. The van der Waals surface area contributed by atoms with Crippen molar-refractivity contribution in [3.05, 3.63) is 71.5 Å². The molecule has 31 heavy (non-hydrogen) atoms. The van der Waals surface area contributed by atoms with Crippen LogP contribution in [-0.4, -0.2) is 41.0 Å². The van der Waals surface area contributed by atoms with E-state index in [9.17, 15) is 13.2 Å². The highest BCUT2D eigenvalue weighted by Gasteiger charge is 2.41. The van der Waals surface area contributed by atoms with E-state index in [1.165, 1.54) is 14.6 Å². The summed E-state index contributed by atoms with van der Waals surface area (Å²) >= 11 is 1.57. The molecule has 0 bridgehead atoms. The van der Waals surface area contributed by atoms with E-state index in [1.807, 2.05) is 45.0 Å². The van der Waals surface area contributed by atoms with Crippen LogP contribution in [0.5, 0.6) is 0 Å². The molecule has 1 aliphatic heterocycles. The van der Waals surface area contributed by atoms with E-state index >= 15 is 0 Å². The lowest BCUT2D eigenvalue weighted by Crippen LogP contribution is -2.43. The first kappa shape index (κ1) is 21.8. The van der Waals surface area contributed by atoms with E-state index in [0.29, 0.717) is 19.4 Å². The summed E-state index contributed by atoms with van der Waals surface area (Å²) in [6.07, 6.45) is 1.14. The summed E-state index contributed by atoms with van der Waals surface area (Å²) in [5.41, 5.74) is 2.67. The summed E-state index contributed by atoms with van der Waals surface area (Å²) < 4.78 is 29.0. The Kier molecular flexibility index (Phi) is 6.05. The van der Waals surface area contributed by atoms with Gasteiger partial charge in [0, 0.05) is 11.4 Å². The Hall–Kier alpha value is -2.42. The second kappa shape index (κ2) is 8.61. The van der Waals surface area contributed by atoms with Gasteiger partial charge in [0.05, 0.1) is 21.2 Å². The van der Waals surface area contributed by atoms with Crippen LogP contribution in [0.1, 0.15) is 34.6 Å². The fourth-order valence-electron chi connectivity index (χ4n) is 3.86. The number of hydrogen-bond acceptors (Lipinski definition) is 5. The van der Waals surface area contributed by atoms with Gasteiger partial charge >= 0.3 is 0 Å². The number of benzene rings is 2. The maximum absolute atomic E-state index is 13.4. The summed E-state index contributed by atoms with van der Waals surface area (Å²) in [7, 11) is -3.74. The molecule has 1 fully saturated rings. The molecule has 3 aromatic rings. The highest BCUT2D eigenvalue weighted by atomic mass is 32.2. The van der Waals surface area contributed by atoms with Gasteiger partial charge < -0.3 is 0 Å². The molecule has 1 saturated heterocycles.